The zero-order valence-electron chi connectivity index (χ0n) is 13.9. The van der Waals surface area contributed by atoms with Crippen molar-refractivity contribution in [2.75, 3.05) is 5.32 Å². The first-order valence-electron chi connectivity index (χ1n) is 7.92. The minimum atomic E-state index is -0.409. The average molecular weight is 396 g/mol. The predicted octanol–water partition coefficient (Wildman–Crippen LogP) is 4.33. The van der Waals surface area contributed by atoms with Gasteiger partial charge < -0.3 is 10.1 Å². The molecule has 0 atom stereocenters. The summed E-state index contributed by atoms with van der Waals surface area (Å²) >= 11 is 12.1. The van der Waals surface area contributed by atoms with Crippen LogP contribution in [0.2, 0.25) is 10.0 Å². The van der Waals surface area contributed by atoms with E-state index in [9.17, 15) is 4.39 Å². The van der Waals surface area contributed by atoms with Crippen LogP contribution in [0.4, 0.5) is 10.3 Å². The topological polar surface area (TPSA) is 64.9 Å². The molecule has 6 nitrogen and oxygen atoms in total. The fourth-order valence-electron chi connectivity index (χ4n) is 2.37. The van der Waals surface area contributed by atoms with Gasteiger partial charge in [0.25, 0.3) is 0 Å². The van der Waals surface area contributed by atoms with Gasteiger partial charge >= 0.3 is 0 Å². The Morgan fingerprint density at radius 2 is 2.08 bits per heavy atom. The summed E-state index contributed by atoms with van der Waals surface area (Å²) in [6, 6.07) is 9.73. The molecule has 136 valence electrons. The molecule has 0 fully saturated rings. The molecule has 3 aromatic rings. The minimum Gasteiger partial charge on any atom is -0.488 e. The van der Waals surface area contributed by atoms with Crippen LogP contribution < -0.4 is 10.1 Å². The van der Waals surface area contributed by atoms with Gasteiger partial charge in [-0.3, -0.25) is 0 Å². The second kappa shape index (κ2) is 8.33. The zero-order valence-corrected chi connectivity index (χ0v) is 15.4. The second-order valence-corrected chi connectivity index (χ2v) is 6.26. The van der Waals surface area contributed by atoms with Crippen molar-refractivity contribution in [1.82, 2.24) is 20.2 Å². The van der Waals surface area contributed by atoms with E-state index in [1.54, 1.807) is 35.0 Å². The highest BCUT2D eigenvalue weighted by atomic mass is 35.5. The van der Waals surface area contributed by atoms with E-state index in [1.165, 1.54) is 6.07 Å². The van der Waals surface area contributed by atoms with Crippen molar-refractivity contribution in [3.63, 3.8) is 0 Å². The Bertz CT molecular complexity index is 882. The molecule has 0 saturated carbocycles. The highest BCUT2D eigenvalue weighted by Gasteiger charge is 2.11. The van der Waals surface area contributed by atoms with Crippen LogP contribution >= 0.6 is 23.2 Å². The fraction of sp³-hybridized carbons (Fsp3) is 0.235. The number of ether oxygens (including phenoxy) is 1. The van der Waals surface area contributed by atoms with Gasteiger partial charge in [-0.1, -0.05) is 34.4 Å². The molecule has 26 heavy (non-hydrogen) atoms. The molecule has 0 saturated heterocycles. The number of rotatable bonds is 7. The van der Waals surface area contributed by atoms with Crippen LogP contribution in [0.3, 0.4) is 0 Å². The molecule has 0 radical (unpaired) electrons. The lowest BCUT2D eigenvalue weighted by atomic mass is 10.2. The molecule has 1 aromatic heterocycles. The van der Waals surface area contributed by atoms with Gasteiger partial charge in [-0.2, -0.15) is 0 Å². The second-order valence-electron chi connectivity index (χ2n) is 5.41. The monoisotopic (exact) mass is 395 g/mol. The molecule has 0 bridgehead atoms. The molecule has 0 unspecified atom stereocenters. The van der Waals surface area contributed by atoms with Crippen molar-refractivity contribution in [2.24, 2.45) is 0 Å². The third-order valence-electron chi connectivity index (χ3n) is 3.72. The Morgan fingerprint density at radius 3 is 2.85 bits per heavy atom. The number of nitrogens with one attached hydrogen (secondary N) is 1. The molecule has 0 spiro atoms. The first kappa shape index (κ1) is 18.4. The van der Waals surface area contributed by atoms with E-state index in [2.05, 4.69) is 20.8 Å². The quantitative estimate of drug-likeness (QED) is 0.644. The number of benzene rings is 2. The van der Waals surface area contributed by atoms with Crippen LogP contribution in [-0.4, -0.2) is 20.2 Å². The van der Waals surface area contributed by atoms with Crippen molar-refractivity contribution >= 4 is 29.2 Å². The smallest absolute Gasteiger partial charge is 0.243 e. The SMILES string of the molecule is CCn1nnnc1NCc1cc(Cl)ccc1OCc1c(F)cccc1Cl. The molecule has 0 aliphatic carbocycles. The molecule has 0 aliphatic heterocycles. The summed E-state index contributed by atoms with van der Waals surface area (Å²) in [5.41, 5.74) is 1.09. The number of tetrazole rings is 1. The Morgan fingerprint density at radius 1 is 1.23 bits per heavy atom. The van der Waals surface area contributed by atoms with Crippen molar-refractivity contribution < 1.29 is 9.13 Å². The number of nitrogens with zero attached hydrogens (tertiary/aromatic N) is 4. The number of hydrogen-bond donors (Lipinski definition) is 1. The van der Waals surface area contributed by atoms with Crippen molar-refractivity contribution in [3.05, 3.63) is 63.4 Å². The third kappa shape index (κ3) is 4.23. The van der Waals surface area contributed by atoms with Gasteiger partial charge in [0.1, 0.15) is 18.2 Å². The van der Waals surface area contributed by atoms with Crippen LogP contribution in [0.1, 0.15) is 18.1 Å². The van der Waals surface area contributed by atoms with Crippen LogP contribution in [0.5, 0.6) is 5.75 Å². The number of hydrogen-bond acceptors (Lipinski definition) is 5. The van der Waals surface area contributed by atoms with E-state index in [0.717, 1.165) is 5.56 Å². The van der Waals surface area contributed by atoms with E-state index in [1.807, 2.05) is 6.92 Å². The summed E-state index contributed by atoms with van der Waals surface area (Å²) in [7, 11) is 0. The molecule has 3 rings (SSSR count). The van der Waals surface area contributed by atoms with Gasteiger partial charge in [0.15, 0.2) is 0 Å². The Balaban J connectivity index is 1.75. The van der Waals surface area contributed by atoms with E-state index in [-0.39, 0.29) is 6.61 Å². The fourth-order valence-corrected chi connectivity index (χ4v) is 2.78. The first-order chi connectivity index (χ1) is 12.6. The summed E-state index contributed by atoms with van der Waals surface area (Å²) in [5, 5.41) is 15.4. The van der Waals surface area contributed by atoms with E-state index in [4.69, 9.17) is 27.9 Å². The molecular formula is C17H16Cl2FN5O. The Hall–Kier alpha value is -2.38. The highest BCUT2D eigenvalue weighted by molar-refractivity contribution is 6.31. The summed E-state index contributed by atoms with van der Waals surface area (Å²) in [5.74, 6) is 0.695. The van der Waals surface area contributed by atoms with E-state index in [0.29, 0.717) is 40.4 Å². The number of anilines is 1. The predicted molar refractivity (Wildman–Crippen MR) is 98.0 cm³/mol. The molecular weight excluding hydrogens is 380 g/mol. The molecule has 1 N–H and O–H groups in total. The lowest BCUT2D eigenvalue weighted by Gasteiger charge is -2.14. The summed E-state index contributed by atoms with van der Waals surface area (Å²) in [4.78, 5) is 0. The first-order valence-corrected chi connectivity index (χ1v) is 8.68. The van der Waals surface area contributed by atoms with Crippen LogP contribution in [-0.2, 0) is 19.7 Å². The molecule has 0 amide bonds. The number of aryl methyl sites for hydroxylation is 1. The number of aromatic nitrogens is 4. The maximum atomic E-state index is 13.9. The maximum absolute atomic E-state index is 13.9. The minimum absolute atomic E-state index is 0.00678. The largest absolute Gasteiger partial charge is 0.488 e. The molecule has 9 heteroatoms. The Labute approximate surface area is 159 Å². The highest BCUT2D eigenvalue weighted by Crippen LogP contribution is 2.26. The normalized spacial score (nSPS) is 10.8. The van der Waals surface area contributed by atoms with Gasteiger partial charge in [-0.25, -0.2) is 9.07 Å². The van der Waals surface area contributed by atoms with Crippen LogP contribution in [0.15, 0.2) is 36.4 Å². The van der Waals surface area contributed by atoms with E-state index < -0.39 is 5.82 Å². The molecule has 2 aromatic carbocycles. The lowest BCUT2D eigenvalue weighted by molar-refractivity contribution is 0.297. The zero-order chi connectivity index (χ0) is 18.5. The Kier molecular flexibility index (Phi) is 5.90. The number of halogens is 3. The van der Waals surface area contributed by atoms with Gasteiger partial charge in [-0.15, -0.1) is 0 Å². The van der Waals surface area contributed by atoms with Crippen molar-refractivity contribution in [1.29, 1.82) is 0 Å². The summed E-state index contributed by atoms with van der Waals surface area (Å²) in [6.45, 7) is 2.97. The van der Waals surface area contributed by atoms with Gasteiger partial charge in [0.05, 0.1) is 5.02 Å². The van der Waals surface area contributed by atoms with Gasteiger partial charge in [0, 0.05) is 29.2 Å². The average Bonchev–Trinajstić information content (AvgIpc) is 3.08. The standard InChI is InChI=1S/C17H16Cl2FN5O/c1-2-25-17(22-23-24-25)21-9-11-8-12(18)6-7-16(11)26-10-13-14(19)4-3-5-15(13)20/h3-8H,2,9-10H2,1H3,(H,21,22,24). The lowest BCUT2D eigenvalue weighted by Crippen LogP contribution is -2.09. The molecule has 1 heterocycles. The van der Waals surface area contributed by atoms with Crippen LogP contribution in [0, 0.1) is 5.82 Å². The maximum Gasteiger partial charge on any atom is 0.243 e. The van der Waals surface area contributed by atoms with Crippen molar-refractivity contribution in [3.8, 4) is 5.75 Å². The van der Waals surface area contributed by atoms with Crippen LogP contribution in [0.25, 0.3) is 0 Å². The molecule has 0 aliphatic rings. The van der Waals surface area contributed by atoms with Gasteiger partial charge in [0.2, 0.25) is 5.95 Å². The summed E-state index contributed by atoms with van der Waals surface area (Å²) < 4.78 is 21.3. The third-order valence-corrected chi connectivity index (χ3v) is 4.31. The van der Waals surface area contributed by atoms with E-state index >= 15 is 0 Å². The van der Waals surface area contributed by atoms with Crippen molar-refractivity contribution in [2.45, 2.75) is 26.6 Å². The summed E-state index contributed by atoms with van der Waals surface area (Å²) in [6.07, 6.45) is 0. The van der Waals surface area contributed by atoms with Gasteiger partial charge in [-0.05, 0) is 47.7 Å².